The quantitative estimate of drug-likeness (QED) is 0.616. The standard InChI is InChI=1S/C22H24N4O3.H2S/c1-15(18-7-8-23-22-21(18)28-9-10-29-22)12-24-20-11-19(25-14-26-20)17-5-3-16(4-6-17)13-27-2;/h3-8,11,14-15H,9-10,12-13H2,1-2H3,(H,24,25,26);1H2/t15-;/m1./s1. The Kier molecular flexibility index (Phi) is 7.48. The van der Waals surface area contributed by atoms with Gasteiger partial charge in [-0.1, -0.05) is 31.2 Å². The number of anilines is 1. The number of nitrogens with zero attached hydrogens (tertiary/aromatic N) is 3. The molecule has 0 saturated heterocycles. The molecule has 0 amide bonds. The Morgan fingerprint density at radius 2 is 1.87 bits per heavy atom. The van der Waals surface area contributed by atoms with Gasteiger partial charge in [0, 0.05) is 43.0 Å². The van der Waals surface area contributed by atoms with Crippen LogP contribution in [0.5, 0.6) is 11.6 Å². The van der Waals surface area contributed by atoms with Crippen LogP contribution in [0, 0.1) is 0 Å². The van der Waals surface area contributed by atoms with Gasteiger partial charge in [0.05, 0.1) is 12.3 Å². The Labute approximate surface area is 183 Å². The lowest BCUT2D eigenvalue weighted by molar-refractivity contribution is 0.162. The number of aromatic nitrogens is 3. The van der Waals surface area contributed by atoms with Crippen molar-refractivity contribution >= 4 is 19.3 Å². The van der Waals surface area contributed by atoms with E-state index in [4.69, 9.17) is 14.2 Å². The van der Waals surface area contributed by atoms with Crippen molar-refractivity contribution in [1.29, 1.82) is 0 Å². The minimum atomic E-state index is 0. The fraction of sp³-hybridized carbons (Fsp3) is 0.318. The maximum absolute atomic E-state index is 5.78. The Morgan fingerprint density at radius 3 is 2.67 bits per heavy atom. The summed E-state index contributed by atoms with van der Waals surface area (Å²) in [4.78, 5) is 13.0. The van der Waals surface area contributed by atoms with E-state index in [0.29, 0.717) is 32.2 Å². The molecule has 8 heteroatoms. The van der Waals surface area contributed by atoms with Crippen LogP contribution >= 0.6 is 13.5 Å². The van der Waals surface area contributed by atoms with E-state index in [2.05, 4.69) is 27.2 Å². The highest BCUT2D eigenvalue weighted by atomic mass is 32.1. The van der Waals surface area contributed by atoms with E-state index in [9.17, 15) is 0 Å². The van der Waals surface area contributed by atoms with Crippen LogP contribution in [-0.4, -0.2) is 41.8 Å². The fourth-order valence-electron chi connectivity index (χ4n) is 3.28. The number of hydrogen-bond acceptors (Lipinski definition) is 7. The summed E-state index contributed by atoms with van der Waals surface area (Å²) in [5.41, 5.74) is 4.11. The summed E-state index contributed by atoms with van der Waals surface area (Å²) in [7, 11) is 1.69. The summed E-state index contributed by atoms with van der Waals surface area (Å²) in [6.45, 7) is 4.51. The smallest absolute Gasteiger partial charge is 0.257 e. The third-order valence-electron chi connectivity index (χ3n) is 4.82. The average Bonchev–Trinajstić information content (AvgIpc) is 2.78. The van der Waals surface area contributed by atoms with Crippen LogP contribution in [0.4, 0.5) is 5.82 Å². The van der Waals surface area contributed by atoms with Gasteiger partial charge in [-0.15, -0.1) is 0 Å². The first-order valence-corrected chi connectivity index (χ1v) is 9.63. The molecule has 2 aromatic heterocycles. The molecule has 3 aromatic rings. The molecule has 4 rings (SSSR count). The first-order chi connectivity index (χ1) is 14.2. The second-order valence-corrected chi connectivity index (χ2v) is 6.93. The summed E-state index contributed by atoms with van der Waals surface area (Å²) in [5, 5.41) is 3.40. The lowest BCUT2D eigenvalue weighted by Crippen LogP contribution is -2.19. The predicted octanol–water partition coefficient (Wildman–Crippen LogP) is 3.78. The molecule has 1 aliphatic heterocycles. The van der Waals surface area contributed by atoms with Gasteiger partial charge in [-0.05, 0) is 11.6 Å². The molecule has 30 heavy (non-hydrogen) atoms. The molecule has 7 nitrogen and oxygen atoms in total. The molecular weight excluding hydrogens is 400 g/mol. The van der Waals surface area contributed by atoms with Gasteiger partial charge in [0.1, 0.15) is 25.4 Å². The second-order valence-electron chi connectivity index (χ2n) is 6.93. The lowest BCUT2D eigenvalue weighted by atomic mass is 10.0. The maximum atomic E-state index is 5.78. The summed E-state index contributed by atoms with van der Waals surface area (Å²) >= 11 is 0. The number of pyridine rings is 1. The molecule has 0 radical (unpaired) electrons. The number of fused-ring (bicyclic) bond motifs is 1. The van der Waals surface area contributed by atoms with Crippen molar-refractivity contribution in [3.63, 3.8) is 0 Å². The van der Waals surface area contributed by atoms with Gasteiger partial charge in [0.25, 0.3) is 5.88 Å². The highest BCUT2D eigenvalue weighted by Crippen LogP contribution is 2.35. The van der Waals surface area contributed by atoms with E-state index in [0.717, 1.165) is 34.0 Å². The van der Waals surface area contributed by atoms with Gasteiger partial charge in [0.15, 0.2) is 5.75 Å². The summed E-state index contributed by atoms with van der Waals surface area (Å²) in [5.74, 6) is 2.29. The van der Waals surface area contributed by atoms with Crippen molar-refractivity contribution < 1.29 is 14.2 Å². The third kappa shape index (κ3) is 5.01. The Morgan fingerprint density at radius 1 is 1.07 bits per heavy atom. The minimum absolute atomic E-state index is 0. The number of ether oxygens (including phenoxy) is 3. The van der Waals surface area contributed by atoms with Crippen LogP contribution in [-0.2, 0) is 11.3 Å². The van der Waals surface area contributed by atoms with E-state index in [1.54, 1.807) is 19.6 Å². The van der Waals surface area contributed by atoms with E-state index < -0.39 is 0 Å². The fourth-order valence-corrected chi connectivity index (χ4v) is 3.28. The summed E-state index contributed by atoms with van der Waals surface area (Å²) in [6.07, 6.45) is 3.34. The highest BCUT2D eigenvalue weighted by Gasteiger charge is 2.20. The SMILES string of the molecule is COCc1ccc(-c2cc(NC[C@@H](C)c3ccnc4c3OCCO4)ncn2)cc1.S. The Bertz CT molecular complexity index is 969. The van der Waals surface area contributed by atoms with Gasteiger partial charge < -0.3 is 19.5 Å². The second kappa shape index (κ2) is 10.3. The zero-order valence-corrected chi connectivity index (χ0v) is 18.1. The molecule has 0 fully saturated rings. The van der Waals surface area contributed by atoms with Crippen molar-refractivity contribution in [2.45, 2.75) is 19.4 Å². The third-order valence-corrected chi connectivity index (χ3v) is 4.82. The molecule has 3 heterocycles. The molecule has 0 aliphatic carbocycles. The van der Waals surface area contributed by atoms with Crippen LogP contribution in [0.3, 0.4) is 0 Å². The van der Waals surface area contributed by atoms with Crippen molar-refractivity contribution in [2.75, 3.05) is 32.2 Å². The first-order valence-electron chi connectivity index (χ1n) is 9.63. The van der Waals surface area contributed by atoms with Crippen molar-refractivity contribution in [3.05, 3.63) is 60.0 Å². The molecule has 1 aliphatic rings. The van der Waals surface area contributed by atoms with E-state index in [-0.39, 0.29) is 19.4 Å². The Balaban J connectivity index is 0.00000256. The van der Waals surface area contributed by atoms with Crippen molar-refractivity contribution in [2.24, 2.45) is 0 Å². The van der Waals surface area contributed by atoms with Crippen LogP contribution in [0.15, 0.2) is 48.9 Å². The average molecular weight is 427 g/mol. The number of methoxy groups -OCH3 is 1. The van der Waals surface area contributed by atoms with E-state index in [1.165, 1.54) is 0 Å². The lowest BCUT2D eigenvalue weighted by Gasteiger charge is -2.22. The summed E-state index contributed by atoms with van der Waals surface area (Å²) < 4.78 is 16.5. The summed E-state index contributed by atoms with van der Waals surface area (Å²) in [6, 6.07) is 12.1. The maximum Gasteiger partial charge on any atom is 0.257 e. The Hall–Kier alpha value is -2.84. The normalized spacial score (nSPS) is 13.3. The topological polar surface area (TPSA) is 78.4 Å². The minimum Gasteiger partial charge on any atom is -0.484 e. The molecule has 0 unspecified atom stereocenters. The van der Waals surface area contributed by atoms with E-state index in [1.807, 2.05) is 36.4 Å². The largest absolute Gasteiger partial charge is 0.484 e. The molecule has 1 N–H and O–H groups in total. The predicted molar refractivity (Wildman–Crippen MR) is 121 cm³/mol. The van der Waals surface area contributed by atoms with Crippen LogP contribution in [0.1, 0.15) is 24.0 Å². The van der Waals surface area contributed by atoms with Gasteiger partial charge >= 0.3 is 0 Å². The first kappa shape index (κ1) is 21.9. The van der Waals surface area contributed by atoms with Gasteiger partial charge in [-0.3, -0.25) is 0 Å². The molecule has 0 bridgehead atoms. The molecule has 0 spiro atoms. The van der Waals surface area contributed by atoms with E-state index >= 15 is 0 Å². The van der Waals surface area contributed by atoms with Gasteiger partial charge in [-0.25, -0.2) is 15.0 Å². The van der Waals surface area contributed by atoms with Gasteiger partial charge in [-0.2, -0.15) is 13.5 Å². The van der Waals surface area contributed by atoms with Crippen LogP contribution < -0.4 is 14.8 Å². The molecule has 0 saturated carbocycles. The molecule has 158 valence electrons. The van der Waals surface area contributed by atoms with Crippen LogP contribution in [0.25, 0.3) is 11.3 Å². The van der Waals surface area contributed by atoms with Crippen LogP contribution in [0.2, 0.25) is 0 Å². The van der Waals surface area contributed by atoms with Gasteiger partial charge in [0.2, 0.25) is 0 Å². The number of rotatable bonds is 7. The zero-order chi connectivity index (χ0) is 20.1. The number of hydrogen-bond donors (Lipinski definition) is 1. The molecule has 1 atom stereocenters. The zero-order valence-electron chi connectivity index (χ0n) is 17.1. The van der Waals surface area contributed by atoms with Crippen molar-refractivity contribution in [3.8, 4) is 22.9 Å². The monoisotopic (exact) mass is 426 g/mol. The molecule has 1 aromatic carbocycles. The highest BCUT2D eigenvalue weighted by molar-refractivity contribution is 7.59. The number of nitrogens with one attached hydrogen (secondary N) is 1. The molecular formula is C22H26N4O3S. The number of benzene rings is 1. The van der Waals surface area contributed by atoms with Crippen molar-refractivity contribution in [1.82, 2.24) is 15.0 Å².